The Morgan fingerprint density at radius 1 is 0.625 bits per heavy atom. The third-order valence-electron chi connectivity index (χ3n) is 7.74. The van der Waals surface area contributed by atoms with E-state index in [4.69, 9.17) is 0 Å². The Kier molecular flexibility index (Phi) is 10.1. The van der Waals surface area contributed by atoms with Crippen LogP contribution in [-0.2, 0) is 9.59 Å². The molecule has 0 saturated carbocycles. The van der Waals surface area contributed by atoms with Gasteiger partial charge in [0.15, 0.2) is 0 Å². The largest absolute Gasteiger partial charge is 0.325 e. The monoisotopic (exact) mass is 647 g/mol. The zero-order valence-corrected chi connectivity index (χ0v) is 27.0. The highest BCUT2D eigenvalue weighted by Crippen LogP contribution is 2.37. The van der Waals surface area contributed by atoms with Crippen molar-refractivity contribution < 1.29 is 14.4 Å². The van der Waals surface area contributed by atoms with E-state index in [9.17, 15) is 14.4 Å². The number of carbonyl (C=O) groups is 3. The smallest absolute Gasteiger partial charge is 0.272 e. The molecule has 3 N–H and O–H groups in total. The lowest BCUT2D eigenvalue weighted by Gasteiger charge is -2.18. The van der Waals surface area contributed by atoms with Crippen LogP contribution in [0, 0.1) is 6.92 Å². The third-order valence-corrected chi connectivity index (χ3v) is 9.01. The quantitative estimate of drug-likeness (QED) is 0.102. The van der Waals surface area contributed by atoms with E-state index in [0.29, 0.717) is 11.3 Å². The Morgan fingerprint density at radius 2 is 1.25 bits per heavy atom. The molecule has 6 nitrogen and oxygen atoms in total. The van der Waals surface area contributed by atoms with Crippen LogP contribution in [0.1, 0.15) is 32.3 Å². The molecule has 236 valence electrons. The van der Waals surface area contributed by atoms with Gasteiger partial charge < -0.3 is 16.0 Å². The van der Waals surface area contributed by atoms with Crippen LogP contribution in [0.4, 0.5) is 11.4 Å². The molecular weight excluding hydrogens is 615 g/mol. The molecule has 6 rings (SSSR count). The van der Waals surface area contributed by atoms with Crippen molar-refractivity contribution in [3.8, 4) is 0 Å². The van der Waals surface area contributed by atoms with Gasteiger partial charge in [-0.1, -0.05) is 103 Å². The molecule has 48 heavy (non-hydrogen) atoms. The SMILES string of the molecule is Cc1ccccc1/C=C(\NC(=O)c1ccccc1)C(=O)Nc1ccc(SC(C(=O)Nc2ccc3ccccc3c2)c2ccccc2)cc1. The van der Waals surface area contributed by atoms with Crippen LogP contribution in [-0.4, -0.2) is 17.7 Å². The minimum absolute atomic E-state index is 0.117. The highest BCUT2D eigenvalue weighted by Gasteiger charge is 2.23. The molecule has 0 radical (unpaired) electrons. The molecule has 0 aromatic heterocycles. The zero-order chi connectivity index (χ0) is 33.3. The van der Waals surface area contributed by atoms with Gasteiger partial charge in [-0.3, -0.25) is 14.4 Å². The van der Waals surface area contributed by atoms with E-state index in [1.165, 1.54) is 11.8 Å². The van der Waals surface area contributed by atoms with Crippen molar-refractivity contribution in [1.29, 1.82) is 0 Å². The summed E-state index contributed by atoms with van der Waals surface area (Å²) >= 11 is 1.42. The van der Waals surface area contributed by atoms with Gasteiger partial charge in [-0.2, -0.15) is 0 Å². The van der Waals surface area contributed by atoms with Crippen LogP contribution in [0.15, 0.2) is 162 Å². The van der Waals surface area contributed by atoms with E-state index in [0.717, 1.165) is 38.0 Å². The van der Waals surface area contributed by atoms with Crippen LogP contribution in [0.5, 0.6) is 0 Å². The fourth-order valence-electron chi connectivity index (χ4n) is 5.17. The number of nitrogens with one attached hydrogen (secondary N) is 3. The molecule has 1 unspecified atom stereocenters. The topological polar surface area (TPSA) is 87.3 Å². The van der Waals surface area contributed by atoms with Crippen LogP contribution < -0.4 is 16.0 Å². The molecule has 0 fully saturated rings. The zero-order valence-electron chi connectivity index (χ0n) is 26.2. The first-order valence-corrected chi connectivity index (χ1v) is 16.4. The summed E-state index contributed by atoms with van der Waals surface area (Å²) in [5.41, 5.74) is 4.50. The third kappa shape index (κ3) is 8.07. The lowest BCUT2D eigenvalue weighted by Crippen LogP contribution is -2.30. The molecule has 0 saturated heterocycles. The number of benzene rings is 6. The van der Waals surface area contributed by atoms with Crippen molar-refractivity contribution in [3.63, 3.8) is 0 Å². The summed E-state index contributed by atoms with van der Waals surface area (Å²) in [6.45, 7) is 1.95. The average Bonchev–Trinajstić information content (AvgIpc) is 3.12. The van der Waals surface area contributed by atoms with Gasteiger partial charge in [0.25, 0.3) is 11.8 Å². The number of amides is 3. The van der Waals surface area contributed by atoms with Crippen molar-refractivity contribution in [1.82, 2.24) is 5.32 Å². The lowest BCUT2D eigenvalue weighted by molar-refractivity contribution is -0.116. The second-order valence-corrected chi connectivity index (χ2v) is 12.4. The van der Waals surface area contributed by atoms with Crippen LogP contribution in [0.3, 0.4) is 0 Å². The van der Waals surface area contributed by atoms with Crippen molar-refractivity contribution in [2.24, 2.45) is 0 Å². The molecule has 3 amide bonds. The summed E-state index contributed by atoms with van der Waals surface area (Å²) in [5, 5.41) is 10.4. The Morgan fingerprint density at radius 3 is 1.98 bits per heavy atom. The van der Waals surface area contributed by atoms with E-state index in [-0.39, 0.29) is 17.5 Å². The molecule has 0 aliphatic rings. The predicted molar refractivity (Wildman–Crippen MR) is 196 cm³/mol. The molecule has 7 heteroatoms. The molecule has 0 bridgehead atoms. The number of anilines is 2. The first kappa shape index (κ1) is 32.0. The number of carbonyl (C=O) groups excluding carboxylic acids is 3. The molecule has 0 aliphatic carbocycles. The summed E-state index contributed by atoms with van der Waals surface area (Å²) < 4.78 is 0. The lowest BCUT2D eigenvalue weighted by atomic mass is 10.1. The van der Waals surface area contributed by atoms with Gasteiger partial charge in [0.2, 0.25) is 5.91 Å². The minimum atomic E-state index is -0.519. The van der Waals surface area contributed by atoms with Crippen LogP contribution in [0.2, 0.25) is 0 Å². The van der Waals surface area contributed by atoms with Gasteiger partial charge in [-0.15, -0.1) is 11.8 Å². The number of fused-ring (bicyclic) bond motifs is 1. The van der Waals surface area contributed by atoms with Gasteiger partial charge in [0, 0.05) is 21.8 Å². The fraction of sp³-hybridized carbons (Fsp3) is 0.0488. The summed E-state index contributed by atoms with van der Waals surface area (Å²) in [6, 6.07) is 47.3. The maximum atomic E-state index is 13.7. The Hall–Kier alpha value is -5.92. The second kappa shape index (κ2) is 15.1. The first-order valence-electron chi connectivity index (χ1n) is 15.5. The van der Waals surface area contributed by atoms with Crippen molar-refractivity contribution in [3.05, 3.63) is 180 Å². The standard InChI is InChI=1S/C41H33N3O3S/c1-28-12-8-9-18-32(28)27-37(44-39(45)31-16-6-3-7-17-31)40(46)42-34-22-24-36(25-23-34)48-38(30-14-4-2-5-15-30)41(47)43-35-21-20-29-13-10-11-19-33(29)26-35/h2-27,38H,1H3,(H,42,46)(H,43,47)(H,44,45)/b37-27-. The summed E-state index contributed by atoms with van der Waals surface area (Å²) in [4.78, 5) is 41.1. The maximum absolute atomic E-state index is 13.7. The van der Waals surface area contributed by atoms with Gasteiger partial charge in [-0.25, -0.2) is 0 Å². The van der Waals surface area contributed by atoms with Crippen molar-refractivity contribution in [2.45, 2.75) is 17.1 Å². The number of hydrogen-bond acceptors (Lipinski definition) is 4. The van der Waals surface area contributed by atoms with Gasteiger partial charge in [0.05, 0.1) is 0 Å². The first-order chi connectivity index (χ1) is 23.4. The second-order valence-electron chi connectivity index (χ2n) is 11.2. The van der Waals surface area contributed by atoms with Crippen LogP contribution in [0.25, 0.3) is 16.8 Å². The molecule has 1 atom stereocenters. The van der Waals surface area contributed by atoms with Crippen molar-refractivity contribution >= 4 is 57.7 Å². The molecule has 6 aromatic carbocycles. The Labute approximate surface area is 283 Å². The van der Waals surface area contributed by atoms with Gasteiger partial charge >= 0.3 is 0 Å². The van der Waals surface area contributed by atoms with Crippen LogP contribution >= 0.6 is 11.8 Å². The van der Waals surface area contributed by atoms with E-state index < -0.39 is 11.2 Å². The van der Waals surface area contributed by atoms with E-state index in [1.807, 2.05) is 122 Å². The van der Waals surface area contributed by atoms with E-state index >= 15 is 0 Å². The summed E-state index contributed by atoms with van der Waals surface area (Å²) in [5.74, 6) is -0.981. The number of hydrogen-bond donors (Lipinski definition) is 3. The number of aryl methyl sites for hydroxylation is 1. The van der Waals surface area contributed by atoms with Gasteiger partial charge in [0.1, 0.15) is 10.9 Å². The maximum Gasteiger partial charge on any atom is 0.272 e. The summed E-state index contributed by atoms with van der Waals surface area (Å²) in [6.07, 6.45) is 1.67. The molecular formula is C41H33N3O3S. The molecule has 0 heterocycles. The van der Waals surface area contributed by atoms with Gasteiger partial charge in [-0.05, 0) is 89.0 Å². The Balaban J connectivity index is 1.19. The normalized spacial score (nSPS) is 11.8. The van der Waals surface area contributed by atoms with E-state index in [2.05, 4.69) is 16.0 Å². The number of thioether (sulfide) groups is 1. The molecule has 0 spiro atoms. The molecule has 6 aromatic rings. The van der Waals surface area contributed by atoms with Crippen molar-refractivity contribution in [2.75, 3.05) is 10.6 Å². The number of rotatable bonds is 10. The Bertz CT molecular complexity index is 2100. The highest BCUT2D eigenvalue weighted by molar-refractivity contribution is 8.00. The summed E-state index contributed by atoms with van der Waals surface area (Å²) in [7, 11) is 0. The van der Waals surface area contributed by atoms with E-state index in [1.54, 1.807) is 42.5 Å². The highest BCUT2D eigenvalue weighted by atomic mass is 32.2. The average molecular weight is 648 g/mol. The molecule has 0 aliphatic heterocycles. The minimum Gasteiger partial charge on any atom is -0.325 e. The fourth-order valence-corrected chi connectivity index (χ4v) is 6.20. The predicted octanol–water partition coefficient (Wildman–Crippen LogP) is 9.03.